The minimum Gasteiger partial charge on any atom is -0.497 e. The molecule has 1 aliphatic heterocycles. The number of halogens is 1. The number of piperazine rings is 1. The Kier molecular flexibility index (Phi) is 6.19. The Labute approximate surface area is 160 Å². The van der Waals surface area contributed by atoms with E-state index in [1.165, 1.54) is 5.56 Å². The first-order valence-electron chi connectivity index (χ1n) is 8.54. The van der Waals surface area contributed by atoms with Crippen molar-refractivity contribution in [3.63, 3.8) is 0 Å². The topological polar surface area (TPSA) is 49.9 Å². The van der Waals surface area contributed by atoms with E-state index in [2.05, 4.69) is 4.90 Å². The van der Waals surface area contributed by atoms with Crippen LogP contribution in [0.5, 0.6) is 5.75 Å². The molecule has 0 bridgehead atoms. The molecule has 1 aliphatic rings. The van der Waals surface area contributed by atoms with E-state index in [-0.39, 0.29) is 5.75 Å². The van der Waals surface area contributed by atoms with Crippen LogP contribution in [0.1, 0.15) is 11.1 Å². The second-order valence-corrected chi connectivity index (χ2v) is 8.81. The van der Waals surface area contributed by atoms with Crippen molar-refractivity contribution in [3.8, 4) is 5.75 Å². The van der Waals surface area contributed by atoms with E-state index in [1.54, 1.807) is 35.7 Å². The van der Waals surface area contributed by atoms with E-state index >= 15 is 0 Å². The summed E-state index contributed by atoms with van der Waals surface area (Å²) in [5, 5.41) is 0.610. The van der Waals surface area contributed by atoms with Gasteiger partial charge < -0.3 is 4.74 Å². The lowest BCUT2D eigenvalue weighted by molar-refractivity contribution is 0.181. The molecule has 0 amide bonds. The van der Waals surface area contributed by atoms with Gasteiger partial charge in [0.25, 0.3) is 0 Å². The fraction of sp³-hybridized carbons (Fsp3) is 0.368. The molecule has 7 heteroatoms. The summed E-state index contributed by atoms with van der Waals surface area (Å²) in [6.45, 7) is 3.31. The summed E-state index contributed by atoms with van der Waals surface area (Å²) in [5.41, 5.74) is 1.96. The quantitative estimate of drug-likeness (QED) is 0.755. The Bertz CT molecular complexity index is 815. The van der Waals surface area contributed by atoms with Crippen LogP contribution in [0.15, 0.2) is 48.5 Å². The Morgan fingerprint density at radius 1 is 0.923 bits per heavy atom. The number of ether oxygens (including phenoxy) is 1. The smallest absolute Gasteiger partial charge is 0.218 e. The molecule has 3 rings (SSSR count). The highest BCUT2D eigenvalue weighted by molar-refractivity contribution is 7.88. The molecule has 0 N–H and O–H groups in total. The van der Waals surface area contributed by atoms with Crippen LogP contribution >= 0.6 is 11.6 Å². The van der Waals surface area contributed by atoms with E-state index in [4.69, 9.17) is 16.3 Å². The lowest BCUT2D eigenvalue weighted by atomic mass is 10.2. The number of rotatable bonds is 6. The van der Waals surface area contributed by atoms with E-state index in [0.717, 1.165) is 30.9 Å². The summed E-state index contributed by atoms with van der Waals surface area (Å²) in [7, 11) is -1.66. The molecule has 1 fully saturated rings. The predicted octanol–water partition coefficient (Wildman–Crippen LogP) is 3.00. The lowest BCUT2D eigenvalue weighted by Gasteiger charge is -2.34. The van der Waals surface area contributed by atoms with Crippen molar-refractivity contribution in [2.75, 3.05) is 33.3 Å². The number of hydrogen-bond donors (Lipinski definition) is 0. The zero-order valence-electron chi connectivity index (χ0n) is 14.8. The first kappa shape index (κ1) is 19.2. The third-order valence-electron chi connectivity index (χ3n) is 4.55. The van der Waals surface area contributed by atoms with Gasteiger partial charge in [-0.3, -0.25) is 4.90 Å². The standard InChI is InChI=1S/C19H23ClN2O3S/c1-25-19-8-4-16(5-9-19)14-21-10-12-22(13-11-21)26(23,24)15-17-2-6-18(20)7-3-17/h2-9H,10-15H2,1H3. The van der Waals surface area contributed by atoms with Gasteiger partial charge >= 0.3 is 0 Å². The van der Waals surface area contributed by atoms with Crippen LogP contribution in [0.25, 0.3) is 0 Å². The number of sulfonamides is 1. The molecule has 140 valence electrons. The summed E-state index contributed by atoms with van der Waals surface area (Å²) < 4.78 is 32.0. The maximum absolute atomic E-state index is 12.6. The summed E-state index contributed by atoms with van der Waals surface area (Å²) >= 11 is 5.86. The fourth-order valence-electron chi connectivity index (χ4n) is 3.04. The van der Waals surface area contributed by atoms with Crippen LogP contribution in [0.4, 0.5) is 0 Å². The molecule has 2 aromatic carbocycles. The zero-order valence-corrected chi connectivity index (χ0v) is 16.3. The fourth-order valence-corrected chi connectivity index (χ4v) is 4.68. The summed E-state index contributed by atoms with van der Waals surface area (Å²) in [4.78, 5) is 2.27. The molecular formula is C19H23ClN2O3S. The highest BCUT2D eigenvalue weighted by Crippen LogP contribution is 2.18. The monoisotopic (exact) mass is 394 g/mol. The maximum Gasteiger partial charge on any atom is 0.218 e. The van der Waals surface area contributed by atoms with E-state index < -0.39 is 10.0 Å². The Morgan fingerprint density at radius 3 is 2.08 bits per heavy atom. The Hall–Kier alpha value is -1.60. The zero-order chi connectivity index (χ0) is 18.6. The van der Waals surface area contributed by atoms with E-state index in [9.17, 15) is 8.42 Å². The van der Waals surface area contributed by atoms with Gasteiger partial charge in [0, 0.05) is 37.7 Å². The van der Waals surface area contributed by atoms with Crippen molar-refractivity contribution < 1.29 is 13.2 Å². The predicted molar refractivity (Wildman–Crippen MR) is 104 cm³/mol. The number of hydrogen-bond acceptors (Lipinski definition) is 4. The van der Waals surface area contributed by atoms with Crippen molar-refractivity contribution in [1.82, 2.24) is 9.21 Å². The van der Waals surface area contributed by atoms with Gasteiger partial charge in [-0.25, -0.2) is 8.42 Å². The average molecular weight is 395 g/mol. The van der Waals surface area contributed by atoms with Crippen molar-refractivity contribution in [1.29, 1.82) is 0 Å². The highest BCUT2D eigenvalue weighted by atomic mass is 35.5. The molecule has 26 heavy (non-hydrogen) atoms. The van der Waals surface area contributed by atoms with Gasteiger partial charge in [-0.2, -0.15) is 4.31 Å². The number of methoxy groups -OCH3 is 1. The lowest BCUT2D eigenvalue weighted by Crippen LogP contribution is -2.48. The van der Waals surface area contributed by atoms with Crippen molar-refractivity contribution >= 4 is 21.6 Å². The van der Waals surface area contributed by atoms with Gasteiger partial charge in [0.1, 0.15) is 5.75 Å². The normalized spacial score (nSPS) is 16.5. The molecule has 1 saturated heterocycles. The molecule has 2 aromatic rings. The largest absolute Gasteiger partial charge is 0.497 e. The molecule has 0 aromatic heterocycles. The van der Waals surface area contributed by atoms with E-state index in [1.807, 2.05) is 24.3 Å². The van der Waals surface area contributed by atoms with E-state index in [0.29, 0.717) is 18.1 Å². The molecule has 0 spiro atoms. The van der Waals surface area contributed by atoms with Gasteiger partial charge in [0.15, 0.2) is 0 Å². The van der Waals surface area contributed by atoms with Gasteiger partial charge in [0.05, 0.1) is 12.9 Å². The van der Waals surface area contributed by atoms with Gasteiger partial charge in [-0.15, -0.1) is 0 Å². The first-order valence-corrected chi connectivity index (χ1v) is 10.5. The van der Waals surface area contributed by atoms with Crippen LogP contribution in [0.2, 0.25) is 5.02 Å². The molecule has 1 heterocycles. The Balaban J connectivity index is 1.54. The Morgan fingerprint density at radius 2 is 1.50 bits per heavy atom. The van der Waals surface area contributed by atoms with Crippen molar-refractivity contribution in [2.45, 2.75) is 12.3 Å². The maximum atomic E-state index is 12.6. The van der Waals surface area contributed by atoms with Gasteiger partial charge in [-0.05, 0) is 35.4 Å². The second-order valence-electron chi connectivity index (χ2n) is 6.41. The van der Waals surface area contributed by atoms with Crippen molar-refractivity contribution in [3.05, 3.63) is 64.7 Å². The van der Waals surface area contributed by atoms with Crippen LogP contribution in [-0.4, -0.2) is 50.9 Å². The molecule has 0 aliphatic carbocycles. The SMILES string of the molecule is COc1ccc(CN2CCN(S(=O)(=O)Cc3ccc(Cl)cc3)CC2)cc1. The molecule has 0 unspecified atom stereocenters. The minimum atomic E-state index is -3.31. The van der Waals surface area contributed by atoms with Crippen LogP contribution in [0, 0.1) is 0 Å². The third-order valence-corrected chi connectivity index (χ3v) is 6.65. The number of nitrogens with zero attached hydrogens (tertiary/aromatic N) is 2. The summed E-state index contributed by atoms with van der Waals surface area (Å²) in [5.74, 6) is 0.856. The second kappa shape index (κ2) is 8.39. The molecule has 0 radical (unpaired) electrons. The van der Waals surface area contributed by atoms with Crippen molar-refractivity contribution in [2.24, 2.45) is 0 Å². The van der Waals surface area contributed by atoms with Crippen LogP contribution in [-0.2, 0) is 22.3 Å². The molecule has 5 nitrogen and oxygen atoms in total. The van der Waals surface area contributed by atoms with Gasteiger partial charge in [0.2, 0.25) is 10.0 Å². The summed E-state index contributed by atoms with van der Waals surface area (Å²) in [6.07, 6.45) is 0. The van der Waals surface area contributed by atoms with Gasteiger partial charge in [-0.1, -0.05) is 35.9 Å². The molecular weight excluding hydrogens is 372 g/mol. The van der Waals surface area contributed by atoms with Crippen LogP contribution in [0.3, 0.4) is 0 Å². The third kappa shape index (κ3) is 4.98. The number of benzene rings is 2. The van der Waals surface area contributed by atoms with Crippen LogP contribution < -0.4 is 4.74 Å². The highest BCUT2D eigenvalue weighted by Gasteiger charge is 2.27. The molecule has 0 saturated carbocycles. The average Bonchev–Trinajstić information content (AvgIpc) is 2.64. The molecule has 0 atom stereocenters. The first-order chi connectivity index (χ1) is 12.5. The summed E-state index contributed by atoms with van der Waals surface area (Å²) in [6, 6.07) is 15.0. The minimum absolute atomic E-state index is 0.0165.